The fourth-order valence-electron chi connectivity index (χ4n) is 3.50. The van der Waals surface area contributed by atoms with Gasteiger partial charge in [-0.1, -0.05) is 50.2 Å². The van der Waals surface area contributed by atoms with Crippen molar-refractivity contribution in [2.45, 2.75) is 39.7 Å². The Hall–Kier alpha value is -3.28. The Morgan fingerprint density at radius 2 is 1.50 bits per heavy atom. The maximum absolute atomic E-state index is 13.0. The van der Waals surface area contributed by atoms with Crippen LogP contribution < -0.4 is 5.32 Å². The van der Waals surface area contributed by atoms with Crippen LogP contribution in [-0.4, -0.2) is 36.1 Å². The number of hydrogen-bond acceptors (Lipinski definition) is 5. The van der Waals surface area contributed by atoms with E-state index in [1.165, 1.54) is 18.2 Å². The standard InChI is InChI=1S/C24H25NO5/c1-14(2)11-12-15(3)25-20(26)13-30-24(29)19-10-6-9-18-21(19)23(28)17-8-5-4-7-16(17)22(18)27/h4-10,14-15H,11-13H2,1-3H3,(H,25,26)/t15-/m0/s1. The van der Waals surface area contributed by atoms with Crippen LogP contribution in [0.3, 0.4) is 0 Å². The molecule has 6 nitrogen and oxygen atoms in total. The predicted octanol–water partition coefficient (Wildman–Crippen LogP) is 3.56. The van der Waals surface area contributed by atoms with Gasteiger partial charge in [0.2, 0.25) is 0 Å². The van der Waals surface area contributed by atoms with Gasteiger partial charge in [-0.3, -0.25) is 14.4 Å². The number of rotatable bonds is 7. The summed E-state index contributed by atoms with van der Waals surface area (Å²) in [5.41, 5.74) is 0.750. The maximum Gasteiger partial charge on any atom is 0.339 e. The molecule has 1 amide bonds. The molecular weight excluding hydrogens is 382 g/mol. The van der Waals surface area contributed by atoms with Gasteiger partial charge in [-0.25, -0.2) is 4.79 Å². The van der Waals surface area contributed by atoms with Crippen LogP contribution in [0.15, 0.2) is 42.5 Å². The molecule has 2 aromatic rings. The molecule has 0 unspecified atom stereocenters. The molecule has 0 radical (unpaired) electrons. The maximum atomic E-state index is 13.0. The van der Waals surface area contributed by atoms with E-state index in [0.717, 1.165) is 12.8 Å². The number of amides is 1. The first-order valence-corrected chi connectivity index (χ1v) is 10.1. The molecule has 6 heteroatoms. The third-order valence-electron chi connectivity index (χ3n) is 5.09. The van der Waals surface area contributed by atoms with Crippen LogP contribution in [-0.2, 0) is 9.53 Å². The number of hydrogen-bond donors (Lipinski definition) is 1. The van der Waals surface area contributed by atoms with Gasteiger partial charge in [0, 0.05) is 28.3 Å². The van der Waals surface area contributed by atoms with Gasteiger partial charge in [-0.2, -0.15) is 0 Å². The highest BCUT2D eigenvalue weighted by Crippen LogP contribution is 2.29. The zero-order valence-corrected chi connectivity index (χ0v) is 17.4. The van der Waals surface area contributed by atoms with Crippen LogP contribution in [0.1, 0.15) is 75.8 Å². The molecule has 1 atom stereocenters. The van der Waals surface area contributed by atoms with E-state index in [4.69, 9.17) is 4.74 Å². The normalized spacial score (nSPS) is 13.5. The number of carbonyl (C=O) groups is 4. The molecule has 0 heterocycles. The minimum atomic E-state index is -0.808. The summed E-state index contributed by atoms with van der Waals surface area (Å²) in [4.78, 5) is 50.4. The average Bonchev–Trinajstić information content (AvgIpc) is 2.73. The first kappa shape index (κ1) is 21.4. The van der Waals surface area contributed by atoms with Crippen molar-refractivity contribution in [1.82, 2.24) is 5.32 Å². The van der Waals surface area contributed by atoms with E-state index in [9.17, 15) is 19.2 Å². The number of ketones is 2. The van der Waals surface area contributed by atoms with E-state index < -0.39 is 24.3 Å². The number of ether oxygens (including phenoxy) is 1. The lowest BCUT2D eigenvalue weighted by molar-refractivity contribution is -0.124. The average molecular weight is 407 g/mol. The predicted molar refractivity (Wildman–Crippen MR) is 112 cm³/mol. The van der Waals surface area contributed by atoms with Crippen molar-refractivity contribution in [3.8, 4) is 0 Å². The monoisotopic (exact) mass is 407 g/mol. The van der Waals surface area contributed by atoms with Crippen LogP contribution in [0.5, 0.6) is 0 Å². The summed E-state index contributed by atoms with van der Waals surface area (Å²) in [6, 6.07) is 11.0. The quantitative estimate of drug-likeness (QED) is 0.605. The van der Waals surface area contributed by atoms with Gasteiger partial charge in [0.15, 0.2) is 18.2 Å². The third-order valence-corrected chi connectivity index (χ3v) is 5.09. The molecule has 1 aliphatic carbocycles. The smallest absolute Gasteiger partial charge is 0.339 e. The second kappa shape index (κ2) is 9.03. The Kier molecular flexibility index (Phi) is 6.45. The Bertz CT molecular complexity index is 1010. The molecule has 1 aliphatic rings. The Morgan fingerprint density at radius 1 is 0.867 bits per heavy atom. The summed E-state index contributed by atoms with van der Waals surface area (Å²) in [5.74, 6) is -1.39. The SMILES string of the molecule is CC(C)CC[C@H](C)NC(=O)COC(=O)c1cccc2c1C(=O)c1ccccc1C2=O. The lowest BCUT2D eigenvalue weighted by atomic mass is 9.82. The van der Waals surface area contributed by atoms with Crippen molar-refractivity contribution < 1.29 is 23.9 Å². The van der Waals surface area contributed by atoms with Crippen LogP contribution in [0.4, 0.5) is 0 Å². The topological polar surface area (TPSA) is 89.5 Å². The van der Waals surface area contributed by atoms with Crippen molar-refractivity contribution in [3.05, 3.63) is 70.3 Å². The van der Waals surface area contributed by atoms with Crippen molar-refractivity contribution >= 4 is 23.4 Å². The molecular formula is C24H25NO5. The largest absolute Gasteiger partial charge is 0.452 e. The van der Waals surface area contributed by atoms with Crippen molar-refractivity contribution in [2.24, 2.45) is 5.92 Å². The summed E-state index contributed by atoms with van der Waals surface area (Å²) in [7, 11) is 0. The summed E-state index contributed by atoms with van der Waals surface area (Å²) in [5, 5.41) is 2.80. The van der Waals surface area contributed by atoms with Crippen molar-refractivity contribution in [2.75, 3.05) is 6.61 Å². The molecule has 0 aromatic heterocycles. The highest BCUT2D eigenvalue weighted by Gasteiger charge is 2.33. The van der Waals surface area contributed by atoms with Gasteiger partial charge in [-0.05, 0) is 31.7 Å². The lowest BCUT2D eigenvalue weighted by Crippen LogP contribution is -2.36. The lowest BCUT2D eigenvalue weighted by Gasteiger charge is -2.19. The van der Waals surface area contributed by atoms with E-state index in [0.29, 0.717) is 11.5 Å². The first-order chi connectivity index (χ1) is 14.3. The van der Waals surface area contributed by atoms with Gasteiger partial charge in [-0.15, -0.1) is 0 Å². The molecule has 0 bridgehead atoms. The summed E-state index contributed by atoms with van der Waals surface area (Å²) in [6.07, 6.45) is 1.81. The molecule has 2 aromatic carbocycles. The summed E-state index contributed by atoms with van der Waals surface area (Å²) in [6.45, 7) is 5.67. The highest BCUT2D eigenvalue weighted by molar-refractivity contribution is 6.30. The van der Waals surface area contributed by atoms with E-state index in [-0.39, 0.29) is 34.1 Å². The molecule has 0 aliphatic heterocycles. The van der Waals surface area contributed by atoms with E-state index >= 15 is 0 Å². The Balaban J connectivity index is 1.72. The third kappa shape index (κ3) is 4.48. The van der Waals surface area contributed by atoms with Crippen LogP contribution in [0.25, 0.3) is 0 Å². The minimum absolute atomic E-state index is 0.0130. The van der Waals surface area contributed by atoms with Crippen LogP contribution in [0.2, 0.25) is 0 Å². The molecule has 30 heavy (non-hydrogen) atoms. The number of fused-ring (bicyclic) bond motifs is 2. The zero-order chi connectivity index (χ0) is 21.8. The van der Waals surface area contributed by atoms with Gasteiger partial charge < -0.3 is 10.1 Å². The molecule has 156 valence electrons. The number of carbonyl (C=O) groups excluding carboxylic acids is 4. The number of benzene rings is 2. The van der Waals surface area contributed by atoms with E-state index in [1.807, 2.05) is 6.92 Å². The summed E-state index contributed by atoms with van der Waals surface area (Å²) < 4.78 is 5.14. The number of nitrogens with one attached hydrogen (secondary N) is 1. The van der Waals surface area contributed by atoms with E-state index in [1.54, 1.807) is 24.3 Å². The second-order valence-electron chi connectivity index (χ2n) is 7.95. The Morgan fingerprint density at radius 3 is 2.17 bits per heavy atom. The highest BCUT2D eigenvalue weighted by atomic mass is 16.5. The molecule has 0 fully saturated rings. The fourth-order valence-corrected chi connectivity index (χ4v) is 3.50. The van der Waals surface area contributed by atoms with Crippen molar-refractivity contribution in [3.63, 3.8) is 0 Å². The van der Waals surface area contributed by atoms with Gasteiger partial charge in [0.1, 0.15) is 0 Å². The molecule has 1 N–H and O–H groups in total. The van der Waals surface area contributed by atoms with Crippen LogP contribution >= 0.6 is 0 Å². The molecule has 0 saturated carbocycles. The summed E-state index contributed by atoms with van der Waals surface area (Å²) >= 11 is 0. The van der Waals surface area contributed by atoms with Gasteiger partial charge >= 0.3 is 5.97 Å². The minimum Gasteiger partial charge on any atom is -0.452 e. The van der Waals surface area contributed by atoms with E-state index in [2.05, 4.69) is 19.2 Å². The van der Waals surface area contributed by atoms with Crippen molar-refractivity contribution in [1.29, 1.82) is 0 Å². The van der Waals surface area contributed by atoms with Crippen LogP contribution in [0, 0.1) is 5.92 Å². The zero-order valence-electron chi connectivity index (χ0n) is 17.4. The molecule has 3 rings (SSSR count). The molecule has 0 spiro atoms. The number of esters is 1. The van der Waals surface area contributed by atoms with Gasteiger partial charge in [0.05, 0.1) is 5.56 Å². The Labute approximate surface area is 175 Å². The fraction of sp³-hybridized carbons (Fsp3) is 0.333. The molecule has 0 saturated heterocycles. The van der Waals surface area contributed by atoms with Gasteiger partial charge in [0.25, 0.3) is 5.91 Å². The first-order valence-electron chi connectivity index (χ1n) is 10.1. The second-order valence-corrected chi connectivity index (χ2v) is 7.95.